The number of ether oxygens (including phenoxy) is 1. The number of rotatable bonds is 4. The van der Waals surface area contributed by atoms with Crippen LogP contribution in [0.5, 0.6) is 0 Å². The van der Waals surface area contributed by atoms with Gasteiger partial charge in [0.15, 0.2) is 18.0 Å². The predicted octanol–water partition coefficient (Wildman–Crippen LogP) is 2.13. The van der Waals surface area contributed by atoms with Crippen molar-refractivity contribution in [3.63, 3.8) is 0 Å². The van der Waals surface area contributed by atoms with Gasteiger partial charge < -0.3 is 13.8 Å². The predicted molar refractivity (Wildman–Crippen MR) is 91.4 cm³/mol. The van der Waals surface area contributed by atoms with E-state index in [1.165, 1.54) is 0 Å². The maximum absolute atomic E-state index is 15.1. The zero-order valence-electron chi connectivity index (χ0n) is 13.9. The summed E-state index contributed by atoms with van der Waals surface area (Å²) in [6.45, 7) is -1.04. The summed E-state index contributed by atoms with van der Waals surface area (Å²) < 4.78 is 64.3. The highest BCUT2D eigenvalue weighted by atomic mass is 35.5. The maximum atomic E-state index is 15.1. The number of nitrogens with one attached hydrogen (secondary N) is 1. The second-order valence-corrected chi connectivity index (χ2v) is 9.58. The number of nitrogens with zero attached hydrogens (tertiary/aromatic N) is 1. The zero-order chi connectivity index (χ0) is 20.1. The molecule has 14 heteroatoms. The molecule has 5 unspecified atom stereocenters. The van der Waals surface area contributed by atoms with Gasteiger partial charge in [-0.3, -0.25) is 18.9 Å². The largest absolute Gasteiger partial charge is 0.337 e. The summed E-state index contributed by atoms with van der Waals surface area (Å²) in [5, 5.41) is -0.447. The van der Waals surface area contributed by atoms with E-state index in [0.717, 1.165) is 6.20 Å². The molecule has 0 aromatic carbocycles. The van der Waals surface area contributed by atoms with E-state index in [-0.39, 0.29) is 0 Å². The van der Waals surface area contributed by atoms with Gasteiger partial charge in [-0.1, -0.05) is 11.6 Å². The first-order valence-electron chi connectivity index (χ1n) is 7.71. The Morgan fingerprint density at radius 2 is 2.15 bits per heavy atom. The lowest BCUT2D eigenvalue weighted by Gasteiger charge is -2.41. The van der Waals surface area contributed by atoms with Gasteiger partial charge in [0.1, 0.15) is 11.1 Å². The summed E-state index contributed by atoms with van der Waals surface area (Å²) in [6, 6.07) is 0. The first kappa shape index (κ1) is 21.0. The number of alkyl halides is 3. The van der Waals surface area contributed by atoms with Gasteiger partial charge in [-0.2, -0.15) is 0 Å². The van der Waals surface area contributed by atoms with Gasteiger partial charge in [-0.05, 0) is 25.7 Å². The molecule has 2 saturated heterocycles. The van der Waals surface area contributed by atoms with E-state index in [9.17, 15) is 18.4 Å². The summed E-state index contributed by atoms with van der Waals surface area (Å²) >= 11 is 10.8. The number of H-pyrrole nitrogens is 1. The van der Waals surface area contributed by atoms with Crippen molar-refractivity contribution in [2.24, 2.45) is 0 Å². The van der Waals surface area contributed by atoms with Crippen molar-refractivity contribution in [1.29, 1.82) is 0 Å². The highest BCUT2D eigenvalue weighted by Crippen LogP contribution is 2.61. The monoisotopic (exact) mass is 450 g/mol. The van der Waals surface area contributed by atoms with Crippen LogP contribution >= 0.6 is 18.3 Å². The molecule has 2 aliphatic heterocycles. The Bertz CT molecular complexity index is 898. The number of fused-ring (bicyclic) bond motifs is 1. The minimum atomic E-state index is -3.50. The van der Waals surface area contributed by atoms with Crippen molar-refractivity contribution in [2.75, 3.05) is 6.61 Å². The van der Waals surface area contributed by atoms with Crippen LogP contribution in [0.2, 0.25) is 5.02 Å². The zero-order valence-corrected chi connectivity index (χ0v) is 16.4. The molecule has 8 nitrogen and oxygen atoms in total. The first-order chi connectivity index (χ1) is 12.5. The first-order valence-corrected chi connectivity index (χ1v) is 10.6. The van der Waals surface area contributed by atoms with Crippen molar-refractivity contribution >= 4 is 30.1 Å². The third kappa shape index (κ3) is 3.64. The number of hydrogen-bond donors (Lipinski definition) is 1. The molecule has 0 bridgehead atoms. The summed E-state index contributed by atoms with van der Waals surface area (Å²) in [4.78, 5) is 25.2. The quantitative estimate of drug-likeness (QED) is 0.703. The smallest absolute Gasteiger partial charge is 0.330 e. The van der Waals surface area contributed by atoms with Crippen LogP contribution in [0, 0.1) is 0 Å². The van der Waals surface area contributed by atoms with Crippen LogP contribution in [0.4, 0.5) is 13.2 Å². The number of hydrogen-bond acceptors (Lipinski definition) is 7. The fourth-order valence-electron chi connectivity index (χ4n) is 2.80. The Morgan fingerprint density at radius 3 is 2.74 bits per heavy atom. The lowest BCUT2D eigenvalue weighted by molar-refractivity contribution is -0.204. The number of halogens is 4. The average Bonchev–Trinajstić information content (AvgIpc) is 2.84. The second kappa shape index (κ2) is 7.25. The van der Waals surface area contributed by atoms with E-state index in [0.29, 0.717) is 4.57 Å². The van der Waals surface area contributed by atoms with E-state index in [2.05, 4.69) is 0 Å². The third-order valence-electron chi connectivity index (χ3n) is 3.98. The van der Waals surface area contributed by atoms with E-state index in [1.807, 2.05) is 4.98 Å². The molecule has 0 aliphatic carbocycles. The average molecular weight is 451 g/mol. The van der Waals surface area contributed by atoms with Crippen LogP contribution in [-0.2, 0) is 30.1 Å². The van der Waals surface area contributed by atoms with Crippen LogP contribution in [-0.4, -0.2) is 46.6 Å². The number of aromatic nitrogens is 2. The summed E-state index contributed by atoms with van der Waals surface area (Å²) in [5.41, 5.74) is -4.50. The minimum Gasteiger partial charge on any atom is -0.337 e. The molecule has 0 radical (unpaired) electrons. The topological polar surface area (TPSA) is 91.8 Å². The van der Waals surface area contributed by atoms with Crippen LogP contribution < -0.4 is 11.2 Å². The molecule has 0 saturated carbocycles. The van der Waals surface area contributed by atoms with Gasteiger partial charge in [-0.25, -0.2) is 18.0 Å². The van der Waals surface area contributed by atoms with Crippen LogP contribution in [0.15, 0.2) is 15.8 Å². The summed E-state index contributed by atoms with van der Waals surface area (Å²) in [7, 11) is 0. The maximum Gasteiger partial charge on any atom is 0.330 e. The van der Waals surface area contributed by atoms with Gasteiger partial charge in [0.05, 0.1) is 12.7 Å². The van der Waals surface area contributed by atoms with Crippen molar-refractivity contribution in [3.8, 4) is 0 Å². The van der Waals surface area contributed by atoms with Crippen molar-refractivity contribution in [3.05, 3.63) is 32.1 Å². The molecule has 0 spiro atoms. The van der Waals surface area contributed by atoms with Crippen molar-refractivity contribution in [2.45, 2.75) is 50.5 Å². The molecule has 1 N–H and O–H groups in total. The molecule has 3 rings (SSSR count). The third-order valence-corrected chi connectivity index (χ3v) is 6.69. The van der Waals surface area contributed by atoms with Crippen molar-refractivity contribution < 1.29 is 31.5 Å². The van der Waals surface area contributed by atoms with Gasteiger partial charge in [0.2, 0.25) is 0 Å². The van der Waals surface area contributed by atoms with Crippen molar-refractivity contribution in [1.82, 2.24) is 9.55 Å². The molecule has 1 aromatic heterocycles. The Kier molecular flexibility index (Phi) is 5.63. The fourth-order valence-corrected chi connectivity index (χ4v) is 5.53. The normalized spacial score (nSPS) is 36.4. The molecule has 1 aromatic rings. The molecule has 152 valence electrons. The summed E-state index contributed by atoms with van der Waals surface area (Å²) in [5.74, 6) is 0. The van der Waals surface area contributed by atoms with Crippen LogP contribution in [0.3, 0.4) is 0 Å². The number of aromatic amines is 1. The van der Waals surface area contributed by atoms with Crippen LogP contribution in [0.25, 0.3) is 0 Å². The second-order valence-electron chi connectivity index (χ2n) is 6.25. The Hall–Kier alpha value is -0.750. The Balaban J connectivity index is 2.01. The summed E-state index contributed by atoms with van der Waals surface area (Å²) in [6.07, 6.45) is -8.79. The van der Waals surface area contributed by atoms with Gasteiger partial charge >= 0.3 is 12.4 Å². The lowest BCUT2D eigenvalue weighted by atomic mass is 9.97. The molecule has 2 aliphatic rings. The molecule has 2 fully saturated rings. The fraction of sp³-hybridized carbons (Fsp3) is 0.692. The van der Waals surface area contributed by atoms with E-state index >= 15 is 4.39 Å². The Morgan fingerprint density at radius 1 is 1.48 bits per heavy atom. The molecular weight excluding hydrogens is 436 g/mol. The standard InChI is InChI=1S/C13H15ClF3N2O6PS/c1-5(2)24-26(27)22-4-13(11(16)17)8(25-26)7(15)10(23-13)19-3-6(14)9(20)18-12(19)21/h3,5,7-8,10-11H,4H2,1-2H3,(H,18,20,21). The van der Waals surface area contributed by atoms with Gasteiger partial charge in [-0.15, -0.1) is 0 Å². The molecule has 27 heavy (non-hydrogen) atoms. The minimum absolute atomic E-state index is 0.447. The molecule has 3 heterocycles. The highest BCUT2D eigenvalue weighted by molar-refractivity contribution is 8.07. The van der Waals surface area contributed by atoms with Gasteiger partial charge in [0.25, 0.3) is 12.0 Å². The highest BCUT2D eigenvalue weighted by Gasteiger charge is 2.67. The van der Waals surface area contributed by atoms with E-state index in [1.54, 1.807) is 13.8 Å². The SMILES string of the molecule is CC(C)OP1(=S)OCC2(C(F)F)OC(n3cc(Cl)c(=O)[nH]c3=O)C(F)C2O1. The van der Waals surface area contributed by atoms with E-state index in [4.69, 9.17) is 41.7 Å². The molecule has 5 atom stereocenters. The molecule has 0 amide bonds. The van der Waals surface area contributed by atoms with Gasteiger partial charge in [0, 0.05) is 6.20 Å². The Labute approximate surface area is 160 Å². The lowest BCUT2D eigenvalue weighted by Crippen LogP contribution is -2.55. The van der Waals surface area contributed by atoms with E-state index < -0.39 is 66.2 Å². The molecular formula is C13H15ClF3N2O6PS. The van der Waals surface area contributed by atoms with Crippen LogP contribution in [0.1, 0.15) is 20.1 Å².